The number of hydrogen-bond donors (Lipinski definition) is 2. The fraction of sp³-hybridized carbons (Fsp3) is 0.188. The molecule has 0 aromatic heterocycles. The minimum Gasteiger partial charge on any atom is -0.377 e. The fourth-order valence-electron chi connectivity index (χ4n) is 3.58. The topological polar surface area (TPSA) is 126 Å². The van der Waals surface area contributed by atoms with Gasteiger partial charge in [-0.3, -0.25) is 9.59 Å². The molecule has 42 heavy (non-hydrogen) atoms. The third-order valence-corrected chi connectivity index (χ3v) is 5.77. The standard InChI is InChI=1S/C32H32N6O4/c39-31(25-11-15-29(16-12-25)37-35-27-7-3-1-4-8-27)33-19-21-41-23-24-42-22-20-34-32(40)26-13-17-30(18-14-26)38-36-28-9-5-2-6-10-28/h1-18H,19-24H2,(H,33,39)(H,34,40). The van der Waals surface area contributed by atoms with Crippen LogP contribution in [0.3, 0.4) is 0 Å². The summed E-state index contributed by atoms with van der Waals surface area (Å²) >= 11 is 0. The smallest absolute Gasteiger partial charge is 0.251 e. The Morgan fingerprint density at radius 1 is 0.452 bits per heavy atom. The Morgan fingerprint density at radius 2 is 0.786 bits per heavy atom. The summed E-state index contributed by atoms with van der Waals surface area (Å²) in [4.78, 5) is 24.6. The fourth-order valence-corrected chi connectivity index (χ4v) is 3.58. The second-order valence-electron chi connectivity index (χ2n) is 8.90. The van der Waals surface area contributed by atoms with Crippen LogP contribution in [0.25, 0.3) is 0 Å². The molecule has 0 radical (unpaired) electrons. The summed E-state index contributed by atoms with van der Waals surface area (Å²) in [7, 11) is 0. The Bertz CT molecular complexity index is 1330. The quantitative estimate of drug-likeness (QED) is 0.123. The molecule has 0 fully saturated rings. The van der Waals surface area contributed by atoms with Gasteiger partial charge in [-0.1, -0.05) is 36.4 Å². The number of carbonyl (C=O) groups excluding carboxylic acids is 2. The molecule has 4 aromatic carbocycles. The third-order valence-electron chi connectivity index (χ3n) is 5.77. The maximum absolute atomic E-state index is 12.3. The van der Waals surface area contributed by atoms with Gasteiger partial charge in [0.25, 0.3) is 11.8 Å². The van der Waals surface area contributed by atoms with Gasteiger partial charge in [-0.25, -0.2) is 0 Å². The van der Waals surface area contributed by atoms with Crippen molar-refractivity contribution in [1.82, 2.24) is 10.6 Å². The lowest BCUT2D eigenvalue weighted by molar-refractivity contribution is 0.0486. The van der Waals surface area contributed by atoms with Gasteiger partial charge in [0.2, 0.25) is 0 Å². The summed E-state index contributed by atoms with van der Waals surface area (Å²) < 4.78 is 11.0. The Hall–Kier alpha value is -5.06. The van der Waals surface area contributed by atoms with Crippen molar-refractivity contribution in [2.24, 2.45) is 20.5 Å². The van der Waals surface area contributed by atoms with Crippen molar-refractivity contribution in [2.45, 2.75) is 0 Å². The highest BCUT2D eigenvalue weighted by atomic mass is 16.5. The molecule has 2 amide bonds. The van der Waals surface area contributed by atoms with E-state index in [-0.39, 0.29) is 11.8 Å². The van der Waals surface area contributed by atoms with Crippen molar-refractivity contribution in [3.05, 3.63) is 120 Å². The molecule has 10 heteroatoms. The second-order valence-corrected chi connectivity index (χ2v) is 8.90. The molecule has 0 saturated carbocycles. The predicted molar refractivity (Wildman–Crippen MR) is 160 cm³/mol. The monoisotopic (exact) mass is 564 g/mol. The zero-order valence-electron chi connectivity index (χ0n) is 23.1. The van der Waals surface area contributed by atoms with Crippen LogP contribution in [0.1, 0.15) is 20.7 Å². The highest BCUT2D eigenvalue weighted by Gasteiger charge is 2.06. The van der Waals surface area contributed by atoms with Crippen LogP contribution in [0.15, 0.2) is 130 Å². The summed E-state index contributed by atoms with van der Waals surface area (Å²) in [5, 5.41) is 22.3. The molecule has 10 nitrogen and oxygen atoms in total. The molecule has 4 aromatic rings. The number of hydrogen-bond acceptors (Lipinski definition) is 8. The first-order valence-electron chi connectivity index (χ1n) is 13.5. The molecule has 0 heterocycles. The van der Waals surface area contributed by atoms with Crippen molar-refractivity contribution in [1.29, 1.82) is 0 Å². The van der Waals surface area contributed by atoms with E-state index in [2.05, 4.69) is 31.1 Å². The number of rotatable bonds is 15. The molecule has 214 valence electrons. The molecule has 4 rings (SSSR count). The first kappa shape index (κ1) is 29.9. The van der Waals surface area contributed by atoms with Gasteiger partial charge in [-0.2, -0.15) is 20.5 Å². The molecule has 0 aliphatic rings. The Morgan fingerprint density at radius 3 is 1.14 bits per heavy atom. The van der Waals surface area contributed by atoms with E-state index in [0.29, 0.717) is 62.0 Å². The van der Waals surface area contributed by atoms with E-state index >= 15 is 0 Å². The number of amides is 2. The van der Waals surface area contributed by atoms with Crippen molar-refractivity contribution in [2.75, 3.05) is 39.5 Å². The molecular weight excluding hydrogens is 532 g/mol. The number of azo groups is 2. The van der Waals surface area contributed by atoms with Gasteiger partial charge < -0.3 is 20.1 Å². The van der Waals surface area contributed by atoms with Crippen molar-refractivity contribution in [3.63, 3.8) is 0 Å². The number of nitrogens with one attached hydrogen (secondary N) is 2. The first-order chi connectivity index (χ1) is 20.7. The van der Waals surface area contributed by atoms with Crippen LogP contribution < -0.4 is 10.6 Å². The van der Waals surface area contributed by atoms with Gasteiger partial charge in [0.15, 0.2) is 0 Å². The Kier molecular flexibility index (Phi) is 12.0. The second kappa shape index (κ2) is 16.9. The van der Waals surface area contributed by atoms with Crippen molar-refractivity contribution >= 4 is 34.6 Å². The van der Waals surface area contributed by atoms with Crippen molar-refractivity contribution in [3.8, 4) is 0 Å². The summed E-state index contributed by atoms with van der Waals surface area (Å²) in [6.45, 7) is 2.22. The summed E-state index contributed by atoms with van der Waals surface area (Å²) in [6, 6.07) is 32.7. The van der Waals surface area contributed by atoms with E-state index < -0.39 is 0 Å². The molecule has 0 spiro atoms. The predicted octanol–water partition coefficient (Wildman–Crippen LogP) is 6.71. The van der Waals surface area contributed by atoms with Crippen LogP contribution in [0.4, 0.5) is 22.7 Å². The molecular formula is C32H32N6O4. The summed E-state index contributed by atoms with van der Waals surface area (Å²) in [6.07, 6.45) is 0. The van der Waals surface area contributed by atoms with Crippen LogP contribution >= 0.6 is 0 Å². The highest BCUT2D eigenvalue weighted by Crippen LogP contribution is 2.19. The molecule has 0 unspecified atom stereocenters. The zero-order chi connectivity index (χ0) is 29.2. The average Bonchev–Trinajstić information content (AvgIpc) is 3.05. The SMILES string of the molecule is O=C(NCCOCCOCCNC(=O)c1ccc(N=Nc2ccccc2)cc1)c1ccc(N=Nc2ccccc2)cc1. The van der Waals surface area contributed by atoms with E-state index in [0.717, 1.165) is 11.4 Å². The lowest BCUT2D eigenvalue weighted by Crippen LogP contribution is -2.28. The molecule has 0 atom stereocenters. The van der Waals surface area contributed by atoms with Crippen molar-refractivity contribution < 1.29 is 19.1 Å². The van der Waals surface area contributed by atoms with Crippen LogP contribution in [0.5, 0.6) is 0 Å². The minimum atomic E-state index is -0.191. The van der Waals surface area contributed by atoms with Gasteiger partial charge in [0, 0.05) is 24.2 Å². The van der Waals surface area contributed by atoms with E-state index in [9.17, 15) is 9.59 Å². The van der Waals surface area contributed by atoms with Crippen LogP contribution in [0, 0.1) is 0 Å². The summed E-state index contributed by atoms with van der Waals surface area (Å²) in [5.41, 5.74) is 3.91. The van der Waals surface area contributed by atoms with Crippen LogP contribution in [0.2, 0.25) is 0 Å². The van der Waals surface area contributed by atoms with Crippen LogP contribution in [-0.2, 0) is 9.47 Å². The van der Waals surface area contributed by atoms with Gasteiger partial charge >= 0.3 is 0 Å². The van der Waals surface area contributed by atoms with E-state index in [1.807, 2.05) is 60.7 Å². The van der Waals surface area contributed by atoms with E-state index in [4.69, 9.17) is 9.47 Å². The maximum atomic E-state index is 12.3. The maximum Gasteiger partial charge on any atom is 0.251 e. The number of benzene rings is 4. The van der Waals surface area contributed by atoms with Gasteiger partial charge in [0.1, 0.15) is 0 Å². The number of ether oxygens (including phenoxy) is 2. The van der Waals surface area contributed by atoms with E-state index in [1.165, 1.54) is 0 Å². The normalized spacial score (nSPS) is 11.1. The lowest BCUT2D eigenvalue weighted by Gasteiger charge is -2.08. The van der Waals surface area contributed by atoms with E-state index in [1.54, 1.807) is 48.5 Å². The average molecular weight is 565 g/mol. The zero-order valence-corrected chi connectivity index (χ0v) is 23.1. The molecule has 0 aliphatic carbocycles. The third kappa shape index (κ3) is 10.5. The van der Waals surface area contributed by atoms with Gasteiger partial charge in [-0.05, 0) is 72.8 Å². The lowest BCUT2D eigenvalue weighted by atomic mass is 10.2. The molecule has 0 saturated heterocycles. The largest absolute Gasteiger partial charge is 0.377 e. The number of nitrogens with zero attached hydrogens (tertiary/aromatic N) is 4. The highest BCUT2D eigenvalue weighted by molar-refractivity contribution is 5.94. The number of carbonyl (C=O) groups is 2. The van der Waals surface area contributed by atoms with Crippen LogP contribution in [-0.4, -0.2) is 51.3 Å². The molecule has 2 N–H and O–H groups in total. The molecule has 0 aliphatic heterocycles. The van der Waals surface area contributed by atoms with Gasteiger partial charge in [-0.15, -0.1) is 0 Å². The minimum absolute atomic E-state index is 0.191. The molecule has 0 bridgehead atoms. The summed E-state index contributed by atoms with van der Waals surface area (Å²) in [5.74, 6) is -0.383. The Labute approximate surface area is 244 Å². The van der Waals surface area contributed by atoms with Gasteiger partial charge in [0.05, 0.1) is 49.2 Å². The first-order valence-corrected chi connectivity index (χ1v) is 13.5. The Balaban J connectivity index is 1.02.